The molecule has 0 fully saturated rings. The van der Waals surface area contributed by atoms with Gasteiger partial charge in [0.2, 0.25) is 5.91 Å². The highest BCUT2D eigenvalue weighted by Gasteiger charge is 2.10. The summed E-state index contributed by atoms with van der Waals surface area (Å²) in [5.74, 6) is 0.856. The first-order valence-electron chi connectivity index (χ1n) is 4.71. The highest BCUT2D eigenvalue weighted by molar-refractivity contribution is 5.89. The molecule has 0 saturated heterocycles. The van der Waals surface area contributed by atoms with Gasteiger partial charge in [-0.2, -0.15) is 0 Å². The second-order valence-corrected chi connectivity index (χ2v) is 3.22. The monoisotopic (exact) mass is 188 g/mol. The van der Waals surface area contributed by atoms with Crippen LogP contribution in [0.2, 0.25) is 0 Å². The minimum atomic E-state index is 0.0237. The van der Waals surface area contributed by atoms with E-state index in [2.05, 4.69) is 4.98 Å². The molecule has 2 aromatic rings. The van der Waals surface area contributed by atoms with Crippen molar-refractivity contribution in [3.63, 3.8) is 0 Å². The predicted molar refractivity (Wildman–Crippen MR) is 55.4 cm³/mol. The number of carbonyl (C=O) groups excluding carboxylic acids is 1. The fourth-order valence-electron chi connectivity index (χ4n) is 1.66. The normalized spacial score (nSPS) is 10.7. The van der Waals surface area contributed by atoms with Crippen LogP contribution < -0.4 is 0 Å². The van der Waals surface area contributed by atoms with Crippen LogP contribution in [0.15, 0.2) is 24.3 Å². The molecular weight excluding hydrogens is 176 g/mol. The van der Waals surface area contributed by atoms with Crippen molar-refractivity contribution in [2.24, 2.45) is 0 Å². The van der Waals surface area contributed by atoms with Gasteiger partial charge < -0.3 is 0 Å². The van der Waals surface area contributed by atoms with E-state index in [1.54, 1.807) is 11.5 Å². The van der Waals surface area contributed by atoms with Crippen molar-refractivity contribution in [2.75, 3.05) is 0 Å². The zero-order chi connectivity index (χ0) is 10.1. The van der Waals surface area contributed by atoms with E-state index in [-0.39, 0.29) is 5.91 Å². The van der Waals surface area contributed by atoms with Crippen LogP contribution in [-0.2, 0) is 6.42 Å². The van der Waals surface area contributed by atoms with Crippen LogP contribution in [0, 0.1) is 0 Å². The van der Waals surface area contributed by atoms with E-state index in [4.69, 9.17) is 0 Å². The zero-order valence-electron chi connectivity index (χ0n) is 8.32. The van der Waals surface area contributed by atoms with E-state index in [1.807, 2.05) is 31.2 Å². The lowest BCUT2D eigenvalue weighted by Gasteiger charge is -2.01. The molecule has 3 heteroatoms. The highest BCUT2D eigenvalue weighted by Crippen LogP contribution is 2.15. The molecule has 0 atom stereocenters. The van der Waals surface area contributed by atoms with Gasteiger partial charge >= 0.3 is 0 Å². The number of imidazole rings is 1. The maximum Gasteiger partial charge on any atom is 0.229 e. The molecule has 0 saturated carbocycles. The average molecular weight is 188 g/mol. The van der Waals surface area contributed by atoms with Crippen molar-refractivity contribution in [3.05, 3.63) is 30.1 Å². The Kier molecular flexibility index (Phi) is 2.08. The van der Waals surface area contributed by atoms with Crippen molar-refractivity contribution < 1.29 is 4.79 Å². The first-order chi connectivity index (χ1) is 6.74. The molecule has 2 rings (SSSR count). The smallest absolute Gasteiger partial charge is 0.229 e. The number of benzene rings is 1. The van der Waals surface area contributed by atoms with Crippen molar-refractivity contribution in [1.82, 2.24) is 9.55 Å². The van der Waals surface area contributed by atoms with Crippen LogP contribution in [0.25, 0.3) is 11.0 Å². The van der Waals surface area contributed by atoms with Gasteiger partial charge in [0, 0.05) is 13.3 Å². The molecule has 1 aromatic heterocycles. The number of aryl methyl sites for hydroxylation is 1. The number of aromatic nitrogens is 2. The summed E-state index contributed by atoms with van der Waals surface area (Å²) in [6, 6.07) is 7.69. The Labute approximate surface area is 82.4 Å². The molecule has 0 aliphatic heterocycles. The number of fused-ring (bicyclic) bond motifs is 1. The first kappa shape index (κ1) is 8.94. The minimum Gasteiger partial charge on any atom is -0.274 e. The fourth-order valence-corrected chi connectivity index (χ4v) is 1.66. The summed E-state index contributed by atoms with van der Waals surface area (Å²) in [6.45, 7) is 3.56. The average Bonchev–Trinajstić information content (AvgIpc) is 2.55. The lowest BCUT2D eigenvalue weighted by Crippen LogP contribution is -2.09. The number of carbonyl (C=O) groups is 1. The fraction of sp³-hybridized carbons (Fsp3) is 0.273. The van der Waals surface area contributed by atoms with Crippen LogP contribution in [0.5, 0.6) is 0 Å². The topological polar surface area (TPSA) is 34.9 Å². The van der Waals surface area contributed by atoms with Crippen molar-refractivity contribution in [1.29, 1.82) is 0 Å². The molecule has 0 radical (unpaired) electrons. The van der Waals surface area contributed by atoms with E-state index in [0.717, 1.165) is 23.3 Å². The Balaban J connectivity index is 2.81. The minimum absolute atomic E-state index is 0.0237. The number of rotatable bonds is 1. The van der Waals surface area contributed by atoms with Crippen molar-refractivity contribution in [3.8, 4) is 0 Å². The molecule has 0 amide bonds. The molecule has 14 heavy (non-hydrogen) atoms. The third kappa shape index (κ3) is 1.21. The molecule has 0 spiro atoms. The third-order valence-corrected chi connectivity index (χ3v) is 2.26. The van der Waals surface area contributed by atoms with Gasteiger partial charge in [0.05, 0.1) is 11.0 Å². The lowest BCUT2D eigenvalue weighted by atomic mass is 10.3. The van der Waals surface area contributed by atoms with Gasteiger partial charge in [0.15, 0.2) is 0 Å². The van der Waals surface area contributed by atoms with E-state index >= 15 is 0 Å². The largest absolute Gasteiger partial charge is 0.274 e. The predicted octanol–water partition coefficient (Wildman–Crippen LogP) is 2.26. The molecule has 0 N–H and O–H groups in total. The van der Waals surface area contributed by atoms with Gasteiger partial charge in [-0.3, -0.25) is 9.36 Å². The molecule has 3 nitrogen and oxygen atoms in total. The van der Waals surface area contributed by atoms with Crippen LogP contribution >= 0.6 is 0 Å². The zero-order valence-corrected chi connectivity index (χ0v) is 8.32. The van der Waals surface area contributed by atoms with Gasteiger partial charge in [0.25, 0.3) is 0 Å². The molecule has 0 bridgehead atoms. The standard InChI is InChI=1S/C11H12N2O/c1-3-11-12-9-6-4-5-7-10(9)13(11)8(2)14/h4-7H,3H2,1-2H3. The summed E-state index contributed by atoms with van der Waals surface area (Å²) in [4.78, 5) is 15.8. The van der Waals surface area contributed by atoms with Crippen molar-refractivity contribution >= 4 is 16.9 Å². The summed E-state index contributed by atoms with van der Waals surface area (Å²) in [5.41, 5.74) is 1.79. The summed E-state index contributed by atoms with van der Waals surface area (Å²) in [5, 5.41) is 0. The Bertz CT molecular complexity index is 485. The Hall–Kier alpha value is -1.64. The van der Waals surface area contributed by atoms with Gasteiger partial charge in [-0.05, 0) is 12.1 Å². The molecule has 1 heterocycles. The number of para-hydroxylation sites is 2. The molecular formula is C11H12N2O. The van der Waals surface area contributed by atoms with E-state index in [1.165, 1.54) is 0 Å². The van der Waals surface area contributed by atoms with Crippen LogP contribution in [0.3, 0.4) is 0 Å². The Morgan fingerprint density at radius 1 is 1.43 bits per heavy atom. The first-order valence-corrected chi connectivity index (χ1v) is 4.71. The number of hydrogen-bond donors (Lipinski definition) is 0. The summed E-state index contributed by atoms with van der Waals surface area (Å²) < 4.78 is 1.68. The summed E-state index contributed by atoms with van der Waals surface area (Å²) in [6.07, 6.45) is 0.772. The summed E-state index contributed by atoms with van der Waals surface area (Å²) in [7, 11) is 0. The highest BCUT2D eigenvalue weighted by atomic mass is 16.1. The van der Waals surface area contributed by atoms with Crippen LogP contribution in [-0.4, -0.2) is 15.5 Å². The molecule has 0 aliphatic rings. The van der Waals surface area contributed by atoms with Gasteiger partial charge in [0.1, 0.15) is 5.82 Å². The summed E-state index contributed by atoms with van der Waals surface area (Å²) >= 11 is 0. The maximum atomic E-state index is 11.4. The van der Waals surface area contributed by atoms with Gasteiger partial charge in [-0.1, -0.05) is 19.1 Å². The maximum absolute atomic E-state index is 11.4. The SMILES string of the molecule is CCc1nc2ccccc2n1C(C)=O. The molecule has 1 aromatic carbocycles. The number of nitrogens with zero attached hydrogens (tertiary/aromatic N) is 2. The van der Waals surface area contributed by atoms with Crippen molar-refractivity contribution in [2.45, 2.75) is 20.3 Å². The van der Waals surface area contributed by atoms with Crippen LogP contribution in [0.4, 0.5) is 0 Å². The molecule has 0 unspecified atom stereocenters. The van der Waals surface area contributed by atoms with E-state index < -0.39 is 0 Å². The molecule has 0 aliphatic carbocycles. The Morgan fingerprint density at radius 2 is 2.14 bits per heavy atom. The van der Waals surface area contributed by atoms with Gasteiger partial charge in [-0.15, -0.1) is 0 Å². The number of hydrogen-bond acceptors (Lipinski definition) is 2. The lowest BCUT2D eigenvalue weighted by molar-refractivity contribution is 0.0938. The Morgan fingerprint density at radius 3 is 2.79 bits per heavy atom. The quantitative estimate of drug-likeness (QED) is 0.688. The second-order valence-electron chi connectivity index (χ2n) is 3.22. The third-order valence-electron chi connectivity index (χ3n) is 2.26. The molecule has 72 valence electrons. The van der Waals surface area contributed by atoms with Crippen LogP contribution in [0.1, 0.15) is 24.5 Å². The van der Waals surface area contributed by atoms with E-state index in [0.29, 0.717) is 0 Å². The van der Waals surface area contributed by atoms with E-state index in [9.17, 15) is 4.79 Å². The van der Waals surface area contributed by atoms with Gasteiger partial charge in [-0.25, -0.2) is 4.98 Å². The second kappa shape index (κ2) is 3.25.